The molecule has 0 saturated carbocycles. The standard InChI is InChI=1S/C15H21FN2O3/c16-13-6-5-11(9-14(13)17)18-15(19)4-2-7-20-10-12-3-1-8-21-12/h5-6,9,12H,1-4,7-8,10,17H2,(H,18,19). The van der Waals surface area contributed by atoms with Crippen LogP contribution >= 0.6 is 0 Å². The number of halogens is 1. The molecular weight excluding hydrogens is 275 g/mol. The van der Waals surface area contributed by atoms with Crippen molar-refractivity contribution >= 4 is 17.3 Å². The van der Waals surface area contributed by atoms with Gasteiger partial charge in [-0.15, -0.1) is 0 Å². The zero-order valence-corrected chi connectivity index (χ0v) is 11.9. The number of carbonyl (C=O) groups excluding carboxylic acids is 1. The van der Waals surface area contributed by atoms with Crippen LogP contribution in [0.2, 0.25) is 0 Å². The molecule has 5 nitrogen and oxygen atoms in total. The second kappa shape index (κ2) is 7.95. The van der Waals surface area contributed by atoms with Gasteiger partial charge in [-0.1, -0.05) is 0 Å². The summed E-state index contributed by atoms with van der Waals surface area (Å²) in [4.78, 5) is 11.7. The minimum absolute atomic E-state index is 0.0210. The molecule has 0 aliphatic carbocycles. The third kappa shape index (κ3) is 5.32. The second-order valence-electron chi connectivity index (χ2n) is 5.10. The van der Waals surface area contributed by atoms with Crippen molar-refractivity contribution in [2.45, 2.75) is 31.8 Å². The number of anilines is 2. The van der Waals surface area contributed by atoms with Crippen molar-refractivity contribution in [2.24, 2.45) is 0 Å². The highest BCUT2D eigenvalue weighted by atomic mass is 19.1. The molecule has 0 radical (unpaired) electrons. The summed E-state index contributed by atoms with van der Waals surface area (Å²) in [5.41, 5.74) is 5.96. The summed E-state index contributed by atoms with van der Waals surface area (Å²) in [6.07, 6.45) is 3.34. The Morgan fingerprint density at radius 1 is 1.52 bits per heavy atom. The fourth-order valence-electron chi connectivity index (χ4n) is 2.17. The summed E-state index contributed by atoms with van der Waals surface area (Å²) in [5.74, 6) is -0.628. The van der Waals surface area contributed by atoms with Crippen molar-refractivity contribution in [3.63, 3.8) is 0 Å². The molecule has 1 aliphatic heterocycles. The molecule has 1 aromatic rings. The third-order valence-corrected chi connectivity index (χ3v) is 3.30. The predicted octanol–water partition coefficient (Wildman–Crippen LogP) is 2.32. The lowest BCUT2D eigenvalue weighted by Crippen LogP contribution is -2.16. The van der Waals surface area contributed by atoms with Gasteiger partial charge in [0.05, 0.1) is 18.4 Å². The molecule has 0 aromatic heterocycles. The van der Waals surface area contributed by atoms with Crippen LogP contribution in [-0.4, -0.2) is 31.8 Å². The number of hydrogen-bond acceptors (Lipinski definition) is 4. The fourth-order valence-corrected chi connectivity index (χ4v) is 2.17. The molecule has 1 aliphatic rings. The van der Waals surface area contributed by atoms with Crippen LogP contribution in [0.1, 0.15) is 25.7 Å². The van der Waals surface area contributed by atoms with Crippen LogP contribution in [-0.2, 0) is 14.3 Å². The van der Waals surface area contributed by atoms with Gasteiger partial charge in [0.2, 0.25) is 5.91 Å². The zero-order valence-electron chi connectivity index (χ0n) is 11.9. The van der Waals surface area contributed by atoms with E-state index in [4.69, 9.17) is 15.2 Å². The Morgan fingerprint density at radius 3 is 3.10 bits per heavy atom. The first-order valence-corrected chi connectivity index (χ1v) is 7.19. The Hall–Kier alpha value is -1.66. The van der Waals surface area contributed by atoms with Crippen LogP contribution in [0.4, 0.5) is 15.8 Å². The molecular formula is C15H21FN2O3. The summed E-state index contributed by atoms with van der Waals surface area (Å²) < 4.78 is 23.9. The van der Waals surface area contributed by atoms with Crippen LogP contribution < -0.4 is 11.1 Å². The minimum atomic E-state index is -0.490. The maximum atomic E-state index is 13.0. The number of amides is 1. The van der Waals surface area contributed by atoms with Gasteiger partial charge in [-0.25, -0.2) is 4.39 Å². The monoisotopic (exact) mass is 296 g/mol. The van der Waals surface area contributed by atoms with Gasteiger partial charge in [-0.2, -0.15) is 0 Å². The maximum absolute atomic E-state index is 13.0. The van der Waals surface area contributed by atoms with E-state index in [1.165, 1.54) is 18.2 Å². The van der Waals surface area contributed by atoms with Crippen LogP contribution in [0.5, 0.6) is 0 Å². The van der Waals surface area contributed by atoms with Crippen molar-refractivity contribution in [3.8, 4) is 0 Å². The number of nitrogen functional groups attached to an aromatic ring is 1. The van der Waals surface area contributed by atoms with Gasteiger partial charge in [0.15, 0.2) is 0 Å². The maximum Gasteiger partial charge on any atom is 0.224 e. The summed E-state index contributed by atoms with van der Waals surface area (Å²) in [6, 6.07) is 4.12. The Morgan fingerprint density at radius 2 is 2.38 bits per heavy atom. The van der Waals surface area contributed by atoms with E-state index in [1.807, 2.05) is 0 Å². The first-order chi connectivity index (χ1) is 10.1. The first kappa shape index (κ1) is 15.7. The Bertz CT molecular complexity index is 476. The quantitative estimate of drug-likeness (QED) is 0.598. The number of rotatable bonds is 7. The number of hydrogen-bond donors (Lipinski definition) is 2. The molecule has 2 rings (SSSR count). The summed E-state index contributed by atoms with van der Waals surface area (Å²) in [6.45, 7) is 1.94. The number of nitrogens with one attached hydrogen (secondary N) is 1. The molecule has 1 heterocycles. The molecule has 1 aromatic carbocycles. The average molecular weight is 296 g/mol. The van der Waals surface area contributed by atoms with E-state index in [0.717, 1.165) is 19.4 Å². The molecule has 3 N–H and O–H groups in total. The predicted molar refractivity (Wildman–Crippen MR) is 78.5 cm³/mol. The van der Waals surface area contributed by atoms with Crippen molar-refractivity contribution in [1.29, 1.82) is 0 Å². The molecule has 1 saturated heterocycles. The topological polar surface area (TPSA) is 73.6 Å². The number of benzene rings is 1. The van der Waals surface area contributed by atoms with Gasteiger partial charge in [-0.3, -0.25) is 4.79 Å². The lowest BCUT2D eigenvalue weighted by molar-refractivity contribution is -0.116. The largest absolute Gasteiger partial charge is 0.396 e. The van der Waals surface area contributed by atoms with Crippen molar-refractivity contribution in [1.82, 2.24) is 0 Å². The molecule has 6 heteroatoms. The van der Waals surface area contributed by atoms with Gasteiger partial charge in [0.25, 0.3) is 0 Å². The first-order valence-electron chi connectivity index (χ1n) is 7.19. The average Bonchev–Trinajstić information content (AvgIpc) is 2.96. The Kier molecular flexibility index (Phi) is 5.95. The van der Waals surface area contributed by atoms with Gasteiger partial charge in [-0.05, 0) is 37.5 Å². The van der Waals surface area contributed by atoms with Crippen LogP contribution in [0.25, 0.3) is 0 Å². The molecule has 0 spiro atoms. The molecule has 21 heavy (non-hydrogen) atoms. The highest BCUT2D eigenvalue weighted by Crippen LogP contribution is 2.16. The smallest absolute Gasteiger partial charge is 0.224 e. The van der Waals surface area contributed by atoms with E-state index in [2.05, 4.69) is 5.32 Å². The summed E-state index contributed by atoms with van der Waals surface area (Å²) in [7, 11) is 0. The number of nitrogens with two attached hydrogens (primary N) is 1. The lowest BCUT2D eigenvalue weighted by atomic mass is 10.2. The minimum Gasteiger partial charge on any atom is -0.396 e. The van der Waals surface area contributed by atoms with E-state index in [0.29, 0.717) is 31.7 Å². The van der Waals surface area contributed by atoms with E-state index < -0.39 is 5.82 Å². The fraction of sp³-hybridized carbons (Fsp3) is 0.533. The van der Waals surface area contributed by atoms with Crippen molar-refractivity contribution < 1.29 is 18.7 Å². The van der Waals surface area contributed by atoms with E-state index >= 15 is 0 Å². The van der Waals surface area contributed by atoms with Crippen molar-refractivity contribution in [3.05, 3.63) is 24.0 Å². The molecule has 0 bridgehead atoms. The van der Waals surface area contributed by atoms with Crippen LogP contribution in [0.3, 0.4) is 0 Å². The zero-order chi connectivity index (χ0) is 15.1. The molecule has 1 atom stereocenters. The third-order valence-electron chi connectivity index (χ3n) is 3.30. The van der Waals surface area contributed by atoms with E-state index in [-0.39, 0.29) is 17.7 Å². The lowest BCUT2D eigenvalue weighted by Gasteiger charge is -2.10. The van der Waals surface area contributed by atoms with E-state index in [1.54, 1.807) is 0 Å². The number of ether oxygens (including phenoxy) is 2. The van der Waals surface area contributed by atoms with E-state index in [9.17, 15) is 9.18 Å². The van der Waals surface area contributed by atoms with Gasteiger partial charge < -0.3 is 20.5 Å². The van der Waals surface area contributed by atoms with Gasteiger partial charge >= 0.3 is 0 Å². The summed E-state index contributed by atoms with van der Waals surface area (Å²) >= 11 is 0. The van der Waals surface area contributed by atoms with Crippen LogP contribution in [0.15, 0.2) is 18.2 Å². The molecule has 1 fully saturated rings. The normalized spacial score (nSPS) is 17.9. The Labute approximate surface area is 123 Å². The molecule has 116 valence electrons. The summed E-state index contributed by atoms with van der Waals surface area (Å²) in [5, 5.41) is 2.68. The highest BCUT2D eigenvalue weighted by molar-refractivity contribution is 5.91. The highest BCUT2D eigenvalue weighted by Gasteiger charge is 2.15. The number of carbonyl (C=O) groups is 1. The van der Waals surface area contributed by atoms with Crippen LogP contribution in [0, 0.1) is 5.82 Å². The molecule has 1 unspecified atom stereocenters. The Balaban J connectivity index is 1.59. The van der Waals surface area contributed by atoms with Crippen molar-refractivity contribution in [2.75, 3.05) is 30.9 Å². The second-order valence-corrected chi connectivity index (χ2v) is 5.10. The SMILES string of the molecule is Nc1cc(NC(=O)CCCOCC2CCCO2)ccc1F. The van der Waals surface area contributed by atoms with Gasteiger partial charge in [0, 0.05) is 25.3 Å². The van der Waals surface area contributed by atoms with Gasteiger partial charge in [0.1, 0.15) is 5.82 Å². The molecule has 1 amide bonds.